The zero-order valence-corrected chi connectivity index (χ0v) is 18.0. The van der Waals surface area contributed by atoms with Gasteiger partial charge in [0.15, 0.2) is 9.84 Å². The third-order valence-electron chi connectivity index (χ3n) is 6.20. The highest BCUT2D eigenvalue weighted by atomic mass is 32.2. The third-order valence-corrected chi connectivity index (χ3v) is 8.48. The van der Waals surface area contributed by atoms with E-state index in [-0.39, 0.29) is 11.2 Å². The first kappa shape index (κ1) is 20.0. The summed E-state index contributed by atoms with van der Waals surface area (Å²) in [4.78, 5) is 13.3. The molecule has 5 rings (SSSR count). The predicted molar refractivity (Wildman–Crippen MR) is 119 cm³/mol. The normalized spacial score (nSPS) is 17.0. The average Bonchev–Trinajstić information content (AvgIpc) is 3.28. The smallest absolute Gasteiger partial charge is 0.259 e. The summed E-state index contributed by atoms with van der Waals surface area (Å²) in [5, 5.41) is 7.10. The number of para-hydroxylation sites is 1. The summed E-state index contributed by atoms with van der Waals surface area (Å²) < 4.78 is 27.4. The molecule has 0 radical (unpaired) electrons. The summed E-state index contributed by atoms with van der Waals surface area (Å²) in [6.45, 7) is 0. The van der Waals surface area contributed by atoms with Crippen molar-refractivity contribution in [2.24, 2.45) is 0 Å². The minimum absolute atomic E-state index is 0.226. The van der Waals surface area contributed by atoms with Gasteiger partial charge < -0.3 is 5.32 Å². The first-order chi connectivity index (χ1) is 15.0. The van der Waals surface area contributed by atoms with Gasteiger partial charge in [0.2, 0.25) is 0 Å². The monoisotopic (exact) mass is 435 g/mol. The molecule has 2 aromatic carbocycles. The van der Waals surface area contributed by atoms with E-state index in [0.717, 1.165) is 49.9 Å². The first-order valence-corrected chi connectivity index (χ1v) is 12.4. The maximum absolute atomic E-state index is 13.0. The van der Waals surface area contributed by atoms with Crippen molar-refractivity contribution in [1.29, 1.82) is 0 Å². The Labute approximate surface area is 182 Å². The minimum Gasteiger partial charge on any atom is -0.322 e. The van der Waals surface area contributed by atoms with Crippen LogP contribution in [0.25, 0.3) is 5.69 Å². The summed E-state index contributed by atoms with van der Waals surface area (Å²) in [6.07, 6.45) is 7.12. The van der Waals surface area contributed by atoms with E-state index in [1.165, 1.54) is 0 Å². The lowest BCUT2D eigenvalue weighted by molar-refractivity contribution is 0.102. The first-order valence-electron chi connectivity index (χ1n) is 10.8. The molecule has 2 aliphatic rings. The maximum Gasteiger partial charge on any atom is 0.259 e. The Bertz CT molecular complexity index is 1190. The van der Waals surface area contributed by atoms with E-state index in [1.54, 1.807) is 30.5 Å². The lowest BCUT2D eigenvalue weighted by Crippen LogP contribution is -2.18. The Kier molecular flexibility index (Phi) is 5.14. The van der Waals surface area contributed by atoms with Crippen LogP contribution in [0.1, 0.15) is 60.5 Å². The molecule has 1 N–H and O–H groups in total. The van der Waals surface area contributed by atoms with Gasteiger partial charge >= 0.3 is 0 Å². The highest BCUT2D eigenvalue weighted by molar-refractivity contribution is 7.92. The fourth-order valence-electron chi connectivity index (χ4n) is 4.37. The van der Waals surface area contributed by atoms with Crippen molar-refractivity contribution < 1.29 is 13.2 Å². The predicted octanol–water partition coefficient (Wildman–Crippen LogP) is 4.72. The number of sulfone groups is 1. The fraction of sp³-hybridized carbons (Fsp3) is 0.333. The van der Waals surface area contributed by atoms with Crippen LogP contribution in [0.4, 0.5) is 5.69 Å². The molecule has 2 saturated carbocycles. The molecule has 0 saturated heterocycles. The van der Waals surface area contributed by atoms with E-state index in [1.807, 2.05) is 35.0 Å². The molecule has 0 spiro atoms. The second-order valence-corrected chi connectivity index (χ2v) is 10.6. The van der Waals surface area contributed by atoms with E-state index in [0.29, 0.717) is 22.1 Å². The number of nitrogens with one attached hydrogen (secondary N) is 1. The molecule has 2 fully saturated rings. The van der Waals surface area contributed by atoms with Gasteiger partial charge in [0, 0.05) is 11.6 Å². The lowest BCUT2D eigenvalue weighted by Gasteiger charge is -2.12. The zero-order chi connectivity index (χ0) is 21.4. The largest absolute Gasteiger partial charge is 0.322 e. The standard InChI is InChI=1S/C24H25N3O3S/c28-24(22-16-25-27(23(22)17-10-11-17)19-6-2-1-3-7-19)26-18-12-14-21(15-13-18)31(29,30)20-8-4-5-9-20/h1-3,6-7,12-17,20H,4-5,8-11H2,(H,26,28). The van der Waals surface area contributed by atoms with Crippen LogP contribution in [0.15, 0.2) is 65.7 Å². The van der Waals surface area contributed by atoms with E-state index in [9.17, 15) is 13.2 Å². The molecule has 0 atom stereocenters. The van der Waals surface area contributed by atoms with Crippen molar-refractivity contribution in [3.63, 3.8) is 0 Å². The van der Waals surface area contributed by atoms with Gasteiger partial charge in [-0.1, -0.05) is 31.0 Å². The SMILES string of the molecule is O=C(Nc1ccc(S(=O)(=O)C2CCCC2)cc1)c1cnn(-c2ccccc2)c1C1CC1. The van der Waals surface area contributed by atoms with Crippen LogP contribution in [0.5, 0.6) is 0 Å². The number of anilines is 1. The van der Waals surface area contributed by atoms with Crippen LogP contribution in [-0.2, 0) is 9.84 Å². The van der Waals surface area contributed by atoms with Crippen LogP contribution in [0.3, 0.4) is 0 Å². The summed E-state index contributed by atoms with van der Waals surface area (Å²) in [5.41, 5.74) is 3.01. The van der Waals surface area contributed by atoms with Gasteiger partial charge in [-0.05, 0) is 62.1 Å². The van der Waals surface area contributed by atoms with Crippen molar-refractivity contribution in [2.45, 2.75) is 54.6 Å². The number of hydrogen-bond donors (Lipinski definition) is 1. The molecule has 6 nitrogen and oxygen atoms in total. The highest BCUT2D eigenvalue weighted by Crippen LogP contribution is 2.42. The molecule has 3 aromatic rings. The topological polar surface area (TPSA) is 81.1 Å². The number of carbonyl (C=O) groups excluding carboxylic acids is 1. The number of nitrogens with zero attached hydrogens (tertiary/aromatic N) is 2. The number of hydrogen-bond acceptors (Lipinski definition) is 4. The van der Waals surface area contributed by atoms with Crippen molar-refractivity contribution in [3.8, 4) is 5.69 Å². The molecule has 0 aliphatic heterocycles. The average molecular weight is 436 g/mol. The summed E-state index contributed by atoms with van der Waals surface area (Å²) in [5.74, 6) is 0.109. The third kappa shape index (κ3) is 3.90. The molecule has 1 aromatic heterocycles. The van der Waals surface area contributed by atoms with Gasteiger partial charge in [0.1, 0.15) is 0 Å². The minimum atomic E-state index is -3.30. The van der Waals surface area contributed by atoms with E-state index >= 15 is 0 Å². The number of benzene rings is 2. The molecule has 0 bridgehead atoms. The number of rotatable bonds is 6. The number of amides is 1. The van der Waals surface area contributed by atoms with Crippen LogP contribution >= 0.6 is 0 Å². The van der Waals surface area contributed by atoms with Crippen LogP contribution in [-0.4, -0.2) is 29.4 Å². The molecule has 160 valence electrons. The molecule has 1 heterocycles. The van der Waals surface area contributed by atoms with Crippen molar-refractivity contribution in [2.75, 3.05) is 5.32 Å². The van der Waals surface area contributed by atoms with E-state index < -0.39 is 9.84 Å². The molecule has 31 heavy (non-hydrogen) atoms. The highest BCUT2D eigenvalue weighted by Gasteiger charge is 2.33. The summed E-state index contributed by atoms with van der Waals surface area (Å²) in [6, 6.07) is 16.3. The quantitative estimate of drug-likeness (QED) is 0.608. The molecular formula is C24H25N3O3S. The maximum atomic E-state index is 13.0. The van der Waals surface area contributed by atoms with Crippen molar-refractivity contribution >= 4 is 21.4 Å². The van der Waals surface area contributed by atoms with Crippen LogP contribution in [0.2, 0.25) is 0 Å². The Morgan fingerprint density at radius 2 is 1.61 bits per heavy atom. The van der Waals surface area contributed by atoms with Gasteiger partial charge in [0.25, 0.3) is 5.91 Å². The van der Waals surface area contributed by atoms with Crippen molar-refractivity contribution in [1.82, 2.24) is 9.78 Å². The zero-order valence-electron chi connectivity index (χ0n) is 17.2. The summed E-state index contributed by atoms with van der Waals surface area (Å²) in [7, 11) is -3.30. The summed E-state index contributed by atoms with van der Waals surface area (Å²) >= 11 is 0. The van der Waals surface area contributed by atoms with Gasteiger partial charge in [0.05, 0.1) is 33.3 Å². The second kappa shape index (κ2) is 7.96. The Morgan fingerprint density at radius 3 is 2.26 bits per heavy atom. The Hall–Kier alpha value is -2.93. The number of carbonyl (C=O) groups is 1. The molecular weight excluding hydrogens is 410 g/mol. The Balaban J connectivity index is 1.37. The van der Waals surface area contributed by atoms with Crippen LogP contribution < -0.4 is 5.32 Å². The van der Waals surface area contributed by atoms with Crippen LogP contribution in [0, 0.1) is 0 Å². The molecule has 2 aliphatic carbocycles. The molecule has 0 unspecified atom stereocenters. The Morgan fingerprint density at radius 1 is 0.935 bits per heavy atom. The lowest BCUT2D eigenvalue weighted by atomic mass is 10.1. The van der Waals surface area contributed by atoms with Crippen molar-refractivity contribution in [3.05, 3.63) is 72.1 Å². The van der Waals surface area contributed by atoms with Gasteiger partial charge in [-0.15, -0.1) is 0 Å². The van der Waals surface area contributed by atoms with E-state index in [2.05, 4.69) is 10.4 Å². The van der Waals surface area contributed by atoms with Gasteiger partial charge in [-0.3, -0.25) is 4.79 Å². The molecule has 1 amide bonds. The second-order valence-electron chi connectivity index (χ2n) is 8.40. The van der Waals surface area contributed by atoms with Gasteiger partial charge in [-0.25, -0.2) is 13.1 Å². The fourth-order valence-corrected chi connectivity index (χ4v) is 6.23. The number of aromatic nitrogens is 2. The van der Waals surface area contributed by atoms with Gasteiger partial charge in [-0.2, -0.15) is 5.10 Å². The molecule has 7 heteroatoms. The van der Waals surface area contributed by atoms with E-state index in [4.69, 9.17) is 0 Å².